The average Bonchev–Trinajstić information content (AvgIpc) is 2.70. The highest BCUT2D eigenvalue weighted by Gasteiger charge is 2.33. The Hall–Kier alpha value is -2.33. The molecule has 160 valence electrons. The van der Waals surface area contributed by atoms with Crippen molar-refractivity contribution in [1.29, 1.82) is 0 Å². The fourth-order valence-corrected chi connectivity index (χ4v) is 4.09. The minimum atomic E-state index is -3.32. The number of sulfonamides is 1. The molecule has 1 aromatic rings. The van der Waals surface area contributed by atoms with Crippen molar-refractivity contribution in [3.8, 4) is 0 Å². The second kappa shape index (κ2) is 9.93. The molecule has 0 aromatic heterocycles. The minimum absolute atomic E-state index is 0.196. The van der Waals surface area contributed by atoms with Crippen LogP contribution in [0.2, 0.25) is 0 Å². The first-order chi connectivity index (χ1) is 13.6. The maximum absolute atomic E-state index is 13.1. The zero-order chi connectivity index (χ0) is 21.6. The van der Waals surface area contributed by atoms with E-state index in [4.69, 9.17) is 0 Å². The van der Waals surface area contributed by atoms with Gasteiger partial charge in [0.05, 0.1) is 6.26 Å². The minimum Gasteiger partial charge on any atom is -0.338 e. The number of halogens is 1. The van der Waals surface area contributed by atoms with Crippen LogP contribution in [-0.2, 0) is 19.6 Å². The molecule has 1 fully saturated rings. The van der Waals surface area contributed by atoms with Crippen LogP contribution in [0.3, 0.4) is 0 Å². The molecule has 1 atom stereocenters. The topological polar surface area (TPSA) is 95.1 Å². The highest BCUT2D eigenvalue weighted by atomic mass is 32.2. The maximum Gasteiger partial charge on any atom is 0.254 e. The summed E-state index contributed by atoms with van der Waals surface area (Å²) in [5.74, 6) is -1.18. The molecule has 0 radical (unpaired) electrons. The van der Waals surface area contributed by atoms with E-state index in [9.17, 15) is 27.2 Å². The number of carbonyl (C=O) groups excluding carboxylic acids is 3. The van der Waals surface area contributed by atoms with Crippen molar-refractivity contribution in [2.24, 2.45) is 0 Å². The lowest BCUT2D eigenvalue weighted by atomic mass is 10.0. The molecular formula is C19H26FN3O5S. The van der Waals surface area contributed by atoms with E-state index in [1.165, 1.54) is 40.5 Å². The normalized spacial score (nSPS) is 16.3. The third-order valence-electron chi connectivity index (χ3n) is 4.98. The van der Waals surface area contributed by atoms with Gasteiger partial charge in [-0.1, -0.05) is 0 Å². The number of benzene rings is 1. The number of aldehydes is 1. The van der Waals surface area contributed by atoms with Crippen molar-refractivity contribution in [2.45, 2.75) is 25.3 Å². The fraction of sp³-hybridized carbons (Fsp3) is 0.526. The third-order valence-corrected chi connectivity index (χ3v) is 6.29. The summed E-state index contributed by atoms with van der Waals surface area (Å²) in [5.41, 5.74) is 0.254. The molecule has 0 saturated carbocycles. The highest BCUT2D eigenvalue weighted by molar-refractivity contribution is 7.88. The number of hydrogen-bond donors (Lipinski definition) is 0. The highest BCUT2D eigenvalue weighted by Crippen LogP contribution is 2.17. The standard InChI is InChI=1S/C19H26FN3O5S/c1-21(18(25)15-6-8-16(20)9-7-15)17(5-3-4-14-24)19(26)22-10-12-23(13-11-22)29(2,27)28/h6-9,14,17H,3-5,10-13H2,1-2H3/t17-/m0/s1. The van der Waals surface area contributed by atoms with Gasteiger partial charge in [0, 0.05) is 45.2 Å². The number of amides is 2. The van der Waals surface area contributed by atoms with Crippen molar-refractivity contribution in [2.75, 3.05) is 39.5 Å². The smallest absolute Gasteiger partial charge is 0.254 e. The Bertz CT molecular complexity index is 836. The van der Waals surface area contributed by atoms with E-state index in [0.29, 0.717) is 12.8 Å². The van der Waals surface area contributed by atoms with Gasteiger partial charge >= 0.3 is 0 Å². The summed E-state index contributed by atoms with van der Waals surface area (Å²) >= 11 is 0. The number of rotatable bonds is 8. The molecule has 0 bridgehead atoms. The van der Waals surface area contributed by atoms with Crippen molar-refractivity contribution >= 4 is 28.1 Å². The molecule has 29 heavy (non-hydrogen) atoms. The van der Waals surface area contributed by atoms with E-state index in [2.05, 4.69) is 0 Å². The van der Waals surface area contributed by atoms with Crippen LogP contribution in [0.5, 0.6) is 0 Å². The summed E-state index contributed by atoms with van der Waals surface area (Å²) < 4.78 is 37.8. The molecule has 0 unspecified atom stereocenters. The Balaban J connectivity index is 2.14. The fourth-order valence-electron chi connectivity index (χ4n) is 3.27. The SMILES string of the molecule is CN(C(=O)c1ccc(F)cc1)[C@@H](CCCC=O)C(=O)N1CCN(S(C)(=O)=O)CC1. The number of piperazine rings is 1. The first-order valence-electron chi connectivity index (χ1n) is 9.35. The van der Waals surface area contributed by atoms with Gasteiger partial charge in [-0.15, -0.1) is 0 Å². The van der Waals surface area contributed by atoms with Gasteiger partial charge in [-0.25, -0.2) is 12.8 Å². The zero-order valence-corrected chi connectivity index (χ0v) is 17.4. The van der Waals surface area contributed by atoms with Gasteiger partial charge < -0.3 is 14.6 Å². The van der Waals surface area contributed by atoms with Crippen LogP contribution in [0.1, 0.15) is 29.6 Å². The molecule has 0 spiro atoms. The average molecular weight is 427 g/mol. The third kappa shape index (κ3) is 6.07. The summed E-state index contributed by atoms with van der Waals surface area (Å²) in [5, 5.41) is 0. The van der Waals surface area contributed by atoms with Crippen LogP contribution in [0.4, 0.5) is 4.39 Å². The Morgan fingerprint density at radius 1 is 1.17 bits per heavy atom. The molecule has 2 amide bonds. The van der Waals surface area contributed by atoms with Gasteiger partial charge in [-0.05, 0) is 37.1 Å². The second-order valence-electron chi connectivity index (χ2n) is 7.02. The zero-order valence-electron chi connectivity index (χ0n) is 16.6. The molecule has 1 aliphatic heterocycles. The molecule has 0 N–H and O–H groups in total. The van der Waals surface area contributed by atoms with Crippen molar-refractivity contribution in [1.82, 2.24) is 14.1 Å². The first kappa shape index (κ1) is 23.0. The Morgan fingerprint density at radius 3 is 2.28 bits per heavy atom. The van der Waals surface area contributed by atoms with Gasteiger partial charge in [-0.2, -0.15) is 4.31 Å². The Morgan fingerprint density at radius 2 is 1.76 bits per heavy atom. The van der Waals surface area contributed by atoms with E-state index in [1.807, 2.05) is 0 Å². The van der Waals surface area contributed by atoms with Crippen LogP contribution >= 0.6 is 0 Å². The van der Waals surface area contributed by atoms with Crippen LogP contribution in [0.25, 0.3) is 0 Å². The molecule has 1 saturated heterocycles. The number of nitrogens with zero attached hydrogens (tertiary/aromatic N) is 3. The van der Waals surface area contributed by atoms with E-state index in [1.54, 1.807) is 4.90 Å². The number of carbonyl (C=O) groups is 3. The van der Waals surface area contributed by atoms with E-state index in [-0.39, 0.29) is 44.1 Å². The predicted octanol–water partition coefficient (Wildman–Crippen LogP) is 0.739. The summed E-state index contributed by atoms with van der Waals surface area (Å²) in [4.78, 5) is 39.4. The summed E-state index contributed by atoms with van der Waals surface area (Å²) in [6.45, 7) is 0.853. The van der Waals surface area contributed by atoms with Gasteiger partial charge in [-0.3, -0.25) is 9.59 Å². The first-order valence-corrected chi connectivity index (χ1v) is 11.2. The molecular weight excluding hydrogens is 401 g/mol. The van der Waals surface area contributed by atoms with Crippen LogP contribution in [0.15, 0.2) is 24.3 Å². The molecule has 10 heteroatoms. The van der Waals surface area contributed by atoms with E-state index < -0.39 is 27.8 Å². The van der Waals surface area contributed by atoms with Gasteiger partial charge in [0.1, 0.15) is 18.1 Å². The van der Waals surface area contributed by atoms with E-state index >= 15 is 0 Å². The quantitative estimate of drug-likeness (QED) is 0.451. The number of hydrogen-bond acceptors (Lipinski definition) is 5. The number of unbranched alkanes of at least 4 members (excludes halogenated alkanes) is 1. The molecule has 0 aliphatic carbocycles. The summed E-state index contributed by atoms with van der Waals surface area (Å²) in [6.07, 6.45) is 2.89. The van der Waals surface area contributed by atoms with Gasteiger partial charge in [0.15, 0.2) is 0 Å². The second-order valence-corrected chi connectivity index (χ2v) is 9.01. The Kier molecular flexibility index (Phi) is 7.86. The monoisotopic (exact) mass is 427 g/mol. The van der Waals surface area contributed by atoms with Gasteiger partial charge in [0.2, 0.25) is 15.9 Å². The van der Waals surface area contributed by atoms with Crippen molar-refractivity contribution < 1.29 is 27.2 Å². The molecule has 1 aliphatic rings. The van der Waals surface area contributed by atoms with Crippen LogP contribution in [0, 0.1) is 5.82 Å². The molecule has 8 nitrogen and oxygen atoms in total. The lowest BCUT2D eigenvalue weighted by Gasteiger charge is -2.37. The lowest BCUT2D eigenvalue weighted by molar-refractivity contribution is -0.137. The summed E-state index contributed by atoms with van der Waals surface area (Å²) in [7, 11) is -1.82. The molecule has 1 heterocycles. The molecule has 2 rings (SSSR count). The summed E-state index contributed by atoms with van der Waals surface area (Å²) in [6, 6.07) is 4.26. The predicted molar refractivity (Wildman–Crippen MR) is 105 cm³/mol. The lowest BCUT2D eigenvalue weighted by Crippen LogP contribution is -2.56. The van der Waals surface area contributed by atoms with Crippen molar-refractivity contribution in [3.63, 3.8) is 0 Å². The Labute approximate surface area is 170 Å². The van der Waals surface area contributed by atoms with Gasteiger partial charge in [0.25, 0.3) is 5.91 Å². The largest absolute Gasteiger partial charge is 0.338 e. The number of likely N-dealkylation sites (N-methyl/N-ethyl adjacent to an activating group) is 1. The van der Waals surface area contributed by atoms with Crippen LogP contribution in [-0.4, -0.2) is 86.1 Å². The van der Waals surface area contributed by atoms with Crippen molar-refractivity contribution in [3.05, 3.63) is 35.6 Å². The maximum atomic E-state index is 13.1. The van der Waals surface area contributed by atoms with Crippen LogP contribution < -0.4 is 0 Å². The molecule has 1 aromatic carbocycles. The van der Waals surface area contributed by atoms with E-state index in [0.717, 1.165) is 12.5 Å².